The van der Waals surface area contributed by atoms with Gasteiger partial charge in [0.15, 0.2) is 10.9 Å². The third-order valence-corrected chi connectivity index (χ3v) is 6.40. The van der Waals surface area contributed by atoms with E-state index in [-0.39, 0.29) is 27.7 Å². The van der Waals surface area contributed by atoms with Crippen molar-refractivity contribution in [1.82, 2.24) is 15.3 Å². The lowest BCUT2D eigenvalue weighted by molar-refractivity contribution is 0.0977. The molecule has 0 unspecified atom stereocenters. The molecule has 196 valence electrons. The number of rotatable bonds is 11. The van der Waals surface area contributed by atoms with Crippen LogP contribution in [0.3, 0.4) is 0 Å². The third-order valence-electron chi connectivity index (χ3n) is 4.83. The molecule has 0 atom stereocenters. The number of sulfonamides is 1. The van der Waals surface area contributed by atoms with Gasteiger partial charge < -0.3 is 19.5 Å². The van der Waals surface area contributed by atoms with E-state index in [2.05, 4.69) is 32.2 Å². The first kappa shape index (κ1) is 27.6. The second-order valence-corrected chi connectivity index (χ2v) is 9.64. The van der Waals surface area contributed by atoms with E-state index in [4.69, 9.17) is 26.4 Å². The highest BCUT2D eigenvalue weighted by atomic mass is 32.2. The van der Waals surface area contributed by atoms with Gasteiger partial charge >= 0.3 is 6.01 Å². The van der Waals surface area contributed by atoms with Gasteiger partial charge in [-0.2, -0.15) is 9.97 Å². The van der Waals surface area contributed by atoms with Gasteiger partial charge in [0.1, 0.15) is 5.75 Å². The normalized spacial score (nSPS) is 10.8. The molecule has 0 bridgehead atoms. The SMILES string of the molecule is CCCCOc1cccc(C(=O)NC(=S)Nc2ccc(S(=O)(=O)Nc3cc(OC)nc(OC)n3)cc2)c1. The van der Waals surface area contributed by atoms with E-state index in [1.54, 1.807) is 24.3 Å². The standard InChI is InChI=1S/C24H27N5O6S2/c1-4-5-13-35-18-8-6-7-16(14-18)22(30)28-24(36)25-17-9-11-19(12-10-17)37(31,32)29-20-15-21(33-2)27-23(26-20)34-3/h6-12,14-15H,4-5,13H2,1-3H3,(H,26,27,29)(H2,25,28,30,36). The molecule has 0 spiro atoms. The Labute approximate surface area is 220 Å². The monoisotopic (exact) mass is 545 g/mol. The fraction of sp³-hybridized carbons (Fsp3) is 0.250. The minimum atomic E-state index is -3.97. The lowest BCUT2D eigenvalue weighted by atomic mass is 10.2. The highest BCUT2D eigenvalue weighted by Gasteiger charge is 2.17. The molecule has 37 heavy (non-hydrogen) atoms. The zero-order valence-corrected chi connectivity index (χ0v) is 22.1. The molecule has 0 aliphatic carbocycles. The van der Waals surface area contributed by atoms with Gasteiger partial charge in [0, 0.05) is 17.3 Å². The average Bonchev–Trinajstić information content (AvgIpc) is 2.88. The van der Waals surface area contributed by atoms with E-state index in [0.717, 1.165) is 12.8 Å². The molecule has 11 nitrogen and oxygen atoms in total. The Kier molecular flexibility index (Phi) is 9.57. The second kappa shape index (κ2) is 12.8. The van der Waals surface area contributed by atoms with Crippen LogP contribution in [0, 0.1) is 0 Å². The first-order valence-corrected chi connectivity index (χ1v) is 13.1. The summed E-state index contributed by atoms with van der Waals surface area (Å²) in [6.07, 6.45) is 1.93. The van der Waals surface area contributed by atoms with E-state index in [0.29, 0.717) is 23.6 Å². The summed E-state index contributed by atoms with van der Waals surface area (Å²) in [6.45, 7) is 2.64. The summed E-state index contributed by atoms with van der Waals surface area (Å²) in [4.78, 5) is 20.4. The molecule has 0 fully saturated rings. The number of thiocarbonyl (C=S) groups is 1. The molecule has 3 N–H and O–H groups in total. The number of carbonyl (C=O) groups excluding carboxylic acids is 1. The lowest BCUT2D eigenvalue weighted by Gasteiger charge is -2.12. The zero-order valence-electron chi connectivity index (χ0n) is 20.5. The van der Waals surface area contributed by atoms with Crippen LogP contribution in [0.2, 0.25) is 0 Å². The number of amides is 1. The molecule has 0 radical (unpaired) electrons. The summed E-state index contributed by atoms with van der Waals surface area (Å²) >= 11 is 5.23. The number of anilines is 2. The Hall–Kier alpha value is -3.97. The van der Waals surface area contributed by atoms with Crippen molar-refractivity contribution in [3.63, 3.8) is 0 Å². The molecule has 0 saturated heterocycles. The fourth-order valence-corrected chi connectivity index (χ4v) is 4.17. The van der Waals surface area contributed by atoms with Gasteiger partial charge in [-0.05, 0) is 61.1 Å². The molecule has 3 aromatic rings. The predicted octanol–water partition coefficient (Wildman–Crippen LogP) is 3.60. The van der Waals surface area contributed by atoms with E-state index < -0.39 is 15.9 Å². The minimum Gasteiger partial charge on any atom is -0.494 e. The van der Waals surface area contributed by atoms with Crippen LogP contribution >= 0.6 is 12.2 Å². The number of methoxy groups -OCH3 is 2. The highest BCUT2D eigenvalue weighted by Crippen LogP contribution is 2.21. The number of nitrogens with zero attached hydrogens (tertiary/aromatic N) is 2. The van der Waals surface area contributed by atoms with Crippen molar-refractivity contribution < 1.29 is 27.4 Å². The molecule has 0 aliphatic rings. The Morgan fingerprint density at radius 2 is 1.78 bits per heavy atom. The van der Waals surface area contributed by atoms with Crippen molar-refractivity contribution in [1.29, 1.82) is 0 Å². The quantitative estimate of drug-likeness (QED) is 0.242. The molecule has 13 heteroatoms. The second-order valence-electron chi connectivity index (χ2n) is 7.55. The van der Waals surface area contributed by atoms with Crippen molar-refractivity contribution in [2.75, 3.05) is 30.9 Å². The largest absolute Gasteiger partial charge is 0.494 e. The van der Waals surface area contributed by atoms with Gasteiger partial charge in [-0.25, -0.2) is 8.42 Å². The van der Waals surface area contributed by atoms with E-state index in [1.807, 2.05) is 0 Å². The minimum absolute atomic E-state index is 0.0189. The topological polar surface area (TPSA) is 141 Å². The maximum absolute atomic E-state index is 12.8. The molecule has 3 rings (SSSR count). The molecular formula is C24H27N5O6S2. The zero-order chi connectivity index (χ0) is 26.8. The number of carbonyl (C=O) groups is 1. The summed E-state index contributed by atoms with van der Waals surface area (Å²) in [7, 11) is -1.23. The number of hydrogen-bond acceptors (Lipinski definition) is 9. The lowest BCUT2D eigenvalue weighted by Crippen LogP contribution is -2.34. The number of hydrogen-bond donors (Lipinski definition) is 3. The Morgan fingerprint density at radius 3 is 2.46 bits per heavy atom. The Balaban J connectivity index is 1.61. The maximum atomic E-state index is 12.8. The van der Waals surface area contributed by atoms with Crippen molar-refractivity contribution in [3.8, 4) is 17.6 Å². The van der Waals surface area contributed by atoms with Crippen LogP contribution in [0.4, 0.5) is 11.5 Å². The average molecular weight is 546 g/mol. The number of benzene rings is 2. The molecule has 1 heterocycles. The first-order chi connectivity index (χ1) is 17.7. The van der Waals surface area contributed by atoms with Gasteiger partial charge in [-0.3, -0.25) is 14.8 Å². The van der Waals surface area contributed by atoms with Crippen molar-refractivity contribution >= 4 is 44.8 Å². The molecule has 2 aromatic carbocycles. The van der Waals surface area contributed by atoms with Gasteiger partial charge in [-0.1, -0.05) is 19.4 Å². The van der Waals surface area contributed by atoms with E-state index in [9.17, 15) is 13.2 Å². The molecule has 1 amide bonds. The number of unbranched alkanes of at least 4 members (excludes halogenated alkanes) is 1. The van der Waals surface area contributed by atoms with Gasteiger partial charge in [0.2, 0.25) is 5.88 Å². The summed E-state index contributed by atoms with van der Waals surface area (Å²) in [6, 6.07) is 13.9. The van der Waals surface area contributed by atoms with Gasteiger partial charge in [-0.15, -0.1) is 0 Å². The number of nitrogens with one attached hydrogen (secondary N) is 3. The van der Waals surface area contributed by atoms with Gasteiger partial charge in [0.05, 0.1) is 25.7 Å². The maximum Gasteiger partial charge on any atom is 0.321 e. The van der Waals surface area contributed by atoms with E-state index in [1.165, 1.54) is 44.6 Å². The van der Waals surface area contributed by atoms with Crippen LogP contribution in [0.25, 0.3) is 0 Å². The van der Waals surface area contributed by atoms with Crippen LogP contribution in [-0.2, 0) is 10.0 Å². The van der Waals surface area contributed by atoms with Crippen LogP contribution < -0.4 is 29.6 Å². The van der Waals surface area contributed by atoms with Crippen LogP contribution in [-0.4, -0.2) is 50.2 Å². The summed E-state index contributed by atoms with van der Waals surface area (Å²) in [5.41, 5.74) is 0.870. The van der Waals surface area contributed by atoms with Crippen LogP contribution in [0.5, 0.6) is 17.6 Å². The van der Waals surface area contributed by atoms with Crippen molar-refractivity contribution in [2.24, 2.45) is 0 Å². The van der Waals surface area contributed by atoms with E-state index >= 15 is 0 Å². The van der Waals surface area contributed by atoms with Crippen LogP contribution in [0.1, 0.15) is 30.1 Å². The number of aromatic nitrogens is 2. The smallest absolute Gasteiger partial charge is 0.321 e. The van der Waals surface area contributed by atoms with Crippen molar-refractivity contribution in [2.45, 2.75) is 24.7 Å². The summed E-state index contributed by atoms with van der Waals surface area (Å²) < 4.78 is 43.5. The molecule has 1 aromatic heterocycles. The third kappa shape index (κ3) is 8.02. The van der Waals surface area contributed by atoms with Crippen LogP contribution in [0.15, 0.2) is 59.5 Å². The van der Waals surface area contributed by atoms with Gasteiger partial charge in [0.25, 0.3) is 15.9 Å². The fourth-order valence-electron chi connectivity index (χ4n) is 2.97. The summed E-state index contributed by atoms with van der Waals surface area (Å²) in [5, 5.41) is 5.50. The molecule has 0 saturated carbocycles. The van der Waals surface area contributed by atoms with Crippen molar-refractivity contribution in [3.05, 3.63) is 60.2 Å². The highest BCUT2D eigenvalue weighted by molar-refractivity contribution is 7.92. The number of ether oxygens (including phenoxy) is 3. The predicted molar refractivity (Wildman–Crippen MR) is 143 cm³/mol. The Morgan fingerprint density at radius 1 is 1.03 bits per heavy atom. The molecule has 0 aliphatic heterocycles. The Bertz CT molecular complexity index is 1330. The summed E-state index contributed by atoms with van der Waals surface area (Å²) in [5.74, 6) is 0.312. The first-order valence-electron chi connectivity index (χ1n) is 11.2. The molecular weight excluding hydrogens is 518 g/mol.